The summed E-state index contributed by atoms with van der Waals surface area (Å²) in [5, 5.41) is 10.9. The topological polar surface area (TPSA) is 108 Å². The first-order chi connectivity index (χ1) is 13.3. The summed E-state index contributed by atoms with van der Waals surface area (Å²) in [7, 11) is -2.89. The molecule has 0 amide bonds. The summed E-state index contributed by atoms with van der Waals surface area (Å²) in [4.78, 5) is 10.4. The Hall–Kier alpha value is -2.86. The van der Waals surface area contributed by atoms with Crippen LogP contribution in [0.1, 0.15) is 11.1 Å². The highest BCUT2D eigenvalue weighted by Crippen LogP contribution is 2.37. The largest absolute Gasteiger partial charge is 0.480 e. The molecule has 156 valence electrons. The van der Waals surface area contributed by atoms with Gasteiger partial charge in [-0.05, 0) is 24.3 Å². The van der Waals surface area contributed by atoms with E-state index in [1.165, 1.54) is 0 Å². The monoisotopic (exact) mass is 452 g/mol. The molecule has 0 saturated heterocycles. The van der Waals surface area contributed by atoms with Gasteiger partial charge in [-0.25, -0.2) is 8.42 Å². The van der Waals surface area contributed by atoms with Gasteiger partial charge in [-0.1, -0.05) is 11.6 Å². The van der Waals surface area contributed by atoms with E-state index >= 15 is 0 Å². The number of nitrogens with zero attached hydrogens (tertiary/aromatic N) is 2. The Bertz CT molecular complexity index is 1090. The molecule has 29 heavy (non-hydrogen) atoms. The molecule has 0 atom stereocenters. The lowest BCUT2D eigenvalue weighted by atomic mass is 10.1. The quantitative estimate of drug-likeness (QED) is 0.288. The predicted molar refractivity (Wildman–Crippen MR) is 98.0 cm³/mol. The Balaban J connectivity index is 2.51. The fraction of sp³-hybridized carbons (Fsp3) is 0.188. The van der Waals surface area contributed by atoms with Gasteiger partial charge < -0.3 is 9.47 Å². The van der Waals surface area contributed by atoms with Gasteiger partial charge in [0, 0.05) is 12.1 Å². The van der Waals surface area contributed by atoms with Crippen LogP contribution in [0.15, 0.2) is 40.8 Å². The van der Waals surface area contributed by atoms with Crippen molar-refractivity contribution in [2.75, 3.05) is 13.4 Å². The van der Waals surface area contributed by atoms with Crippen molar-refractivity contribution < 1.29 is 36.0 Å². The third kappa shape index (κ3) is 5.81. The minimum absolute atomic E-state index is 0.0782. The van der Waals surface area contributed by atoms with Crippen LogP contribution in [0.4, 0.5) is 18.9 Å². The standard InChI is InChI=1S/C16H12ClF3N2O6S/c1-27-15(21-29(2,25)26)11-8-10(4-5-13(11)22(23)24)28-14-6-3-9(7-12(14)17)16(18,19)20/h3-8H,1-2H3. The molecule has 0 N–H and O–H groups in total. The average molecular weight is 453 g/mol. The zero-order valence-electron chi connectivity index (χ0n) is 14.7. The van der Waals surface area contributed by atoms with Crippen molar-refractivity contribution in [2.24, 2.45) is 4.40 Å². The second-order valence-corrected chi connectivity index (χ2v) is 7.57. The van der Waals surface area contributed by atoms with Crippen LogP contribution in [0.2, 0.25) is 5.02 Å². The smallest absolute Gasteiger partial charge is 0.416 e. The minimum Gasteiger partial charge on any atom is -0.480 e. The van der Waals surface area contributed by atoms with Gasteiger partial charge in [-0.15, -0.1) is 4.40 Å². The molecule has 0 unspecified atom stereocenters. The molecule has 0 radical (unpaired) electrons. The number of alkyl halides is 3. The van der Waals surface area contributed by atoms with E-state index in [1.807, 2.05) is 0 Å². The number of methoxy groups -OCH3 is 1. The van der Waals surface area contributed by atoms with Gasteiger partial charge in [0.05, 0.1) is 28.9 Å². The first-order valence-corrected chi connectivity index (χ1v) is 9.72. The lowest BCUT2D eigenvalue weighted by Gasteiger charge is -2.12. The summed E-state index contributed by atoms with van der Waals surface area (Å²) in [6.07, 6.45) is -3.83. The molecule has 0 bridgehead atoms. The summed E-state index contributed by atoms with van der Waals surface area (Å²) in [5.41, 5.74) is -1.83. The van der Waals surface area contributed by atoms with Crippen molar-refractivity contribution in [3.05, 3.63) is 62.7 Å². The van der Waals surface area contributed by atoms with Crippen LogP contribution in [-0.4, -0.2) is 32.6 Å². The molecule has 8 nitrogen and oxygen atoms in total. The maximum atomic E-state index is 12.7. The van der Waals surface area contributed by atoms with Crippen LogP contribution < -0.4 is 4.74 Å². The molecule has 0 spiro atoms. The third-order valence-corrected chi connectivity index (χ3v) is 4.12. The average Bonchev–Trinajstić information content (AvgIpc) is 2.59. The molecule has 0 saturated carbocycles. The van der Waals surface area contributed by atoms with Gasteiger partial charge in [0.15, 0.2) is 0 Å². The fourth-order valence-electron chi connectivity index (χ4n) is 2.14. The van der Waals surface area contributed by atoms with Gasteiger partial charge in [0.1, 0.15) is 17.1 Å². The maximum Gasteiger partial charge on any atom is 0.416 e. The molecular weight excluding hydrogens is 441 g/mol. The molecule has 0 aromatic heterocycles. The molecule has 13 heteroatoms. The number of nitro groups is 1. The Kier molecular flexibility index (Phi) is 6.38. The zero-order chi connectivity index (χ0) is 22.0. The van der Waals surface area contributed by atoms with Gasteiger partial charge >= 0.3 is 6.18 Å². The van der Waals surface area contributed by atoms with Crippen LogP contribution in [0, 0.1) is 10.1 Å². The number of benzene rings is 2. The van der Waals surface area contributed by atoms with E-state index in [0.717, 1.165) is 43.7 Å². The first-order valence-electron chi connectivity index (χ1n) is 7.49. The van der Waals surface area contributed by atoms with Crippen LogP contribution in [0.3, 0.4) is 0 Å². The number of nitro benzene ring substituents is 1. The first kappa shape index (κ1) is 22.4. The number of halogens is 4. The molecule has 0 fully saturated rings. The van der Waals surface area contributed by atoms with Crippen molar-refractivity contribution in [3.8, 4) is 11.5 Å². The van der Waals surface area contributed by atoms with Crippen LogP contribution in [0.25, 0.3) is 0 Å². The SMILES string of the molecule is COC(=NS(C)(=O)=O)c1cc(Oc2ccc(C(F)(F)F)cc2Cl)ccc1[N+](=O)[O-]. The second kappa shape index (κ2) is 8.25. The molecular formula is C16H12ClF3N2O6S. The summed E-state index contributed by atoms with van der Waals surface area (Å²) in [6, 6.07) is 5.60. The zero-order valence-corrected chi connectivity index (χ0v) is 16.3. The van der Waals surface area contributed by atoms with Crippen molar-refractivity contribution in [1.82, 2.24) is 0 Å². The van der Waals surface area contributed by atoms with Gasteiger partial charge in [0.2, 0.25) is 5.90 Å². The highest BCUT2D eigenvalue weighted by Gasteiger charge is 2.31. The second-order valence-electron chi connectivity index (χ2n) is 5.51. The fourth-order valence-corrected chi connectivity index (χ4v) is 2.84. The molecule has 0 aliphatic rings. The van der Waals surface area contributed by atoms with Crippen molar-refractivity contribution in [1.29, 1.82) is 0 Å². The molecule has 2 aromatic carbocycles. The molecule has 0 aliphatic heterocycles. The maximum absolute atomic E-state index is 12.7. The third-order valence-electron chi connectivity index (χ3n) is 3.32. The van der Waals surface area contributed by atoms with E-state index in [4.69, 9.17) is 21.1 Å². The van der Waals surface area contributed by atoms with Crippen LogP contribution in [0.5, 0.6) is 11.5 Å². The highest BCUT2D eigenvalue weighted by molar-refractivity contribution is 7.89. The summed E-state index contributed by atoms with van der Waals surface area (Å²) in [5.74, 6) is -0.799. The van der Waals surface area contributed by atoms with Gasteiger partial charge in [-0.2, -0.15) is 13.2 Å². The van der Waals surface area contributed by atoms with Crippen molar-refractivity contribution in [2.45, 2.75) is 6.18 Å². The lowest BCUT2D eigenvalue weighted by molar-refractivity contribution is -0.385. The normalized spacial score (nSPS) is 12.6. The number of hydrogen-bond donors (Lipinski definition) is 0. The molecule has 0 aliphatic carbocycles. The van der Waals surface area contributed by atoms with E-state index in [-0.39, 0.29) is 22.1 Å². The van der Waals surface area contributed by atoms with E-state index in [2.05, 4.69) is 4.40 Å². The Morgan fingerprint density at radius 1 is 1.21 bits per heavy atom. The Morgan fingerprint density at radius 3 is 2.34 bits per heavy atom. The van der Waals surface area contributed by atoms with Crippen molar-refractivity contribution in [3.63, 3.8) is 0 Å². The van der Waals surface area contributed by atoms with E-state index in [1.54, 1.807) is 0 Å². The number of ether oxygens (including phenoxy) is 2. The summed E-state index contributed by atoms with van der Waals surface area (Å²) < 4.78 is 74.5. The Morgan fingerprint density at radius 2 is 1.86 bits per heavy atom. The highest BCUT2D eigenvalue weighted by atomic mass is 35.5. The van der Waals surface area contributed by atoms with E-state index in [0.29, 0.717) is 6.07 Å². The molecule has 2 rings (SSSR count). The van der Waals surface area contributed by atoms with Crippen molar-refractivity contribution >= 4 is 33.2 Å². The number of hydrogen-bond acceptors (Lipinski definition) is 6. The number of rotatable bonds is 5. The summed E-state index contributed by atoms with van der Waals surface area (Å²) >= 11 is 5.82. The lowest BCUT2D eigenvalue weighted by Crippen LogP contribution is -2.10. The van der Waals surface area contributed by atoms with E-state index in [9.17, 15) is 31.7 Å². The van der Waals surface area contributed by atoms with Crippen LogP contribution >= 0.6 is 11.6 Å². The van der Waals surface area contributed by atoms with Gasteiger partial charge in [0.25, 0.3) is 15.7 Å². The molecule has 0 heterocycles. The van der Waals surface area contributed by atoms with Gasteiger partial charge in [-0.3, -0.25) is 10.1 Å². The molecule has 2 aromatic rings. The minimum atomic E-state index is -4.60. The van der Waals surface area contributed by atoms with Crippen LogP contribution in [-0.2, 0) is 20.9 Å². The Labute approximate surface area is 167 Å². The predicted octanol–water partition coefficient (Wildman–Crippen LogP) is 4.41. The van der Waals surface area contributed by atoms with E-state index < -0.39 is 38.3 Å². The summed E-state index contributed by atoms with van der Waals surface area (Å²) in [6.45, 7) is 0. The number of sulfonamides is 1.